The summed E-state index contributed by atoms with van der Waals surface area (Å²) in [7, 11) is 6.40. The molecule has 1 aliphatic rings. The first-order chi connectivity index (χ1) is 9.69. The summed E-state index contributed by atoms with van der Waals surface area (Å²) in [6, 6.07) is 11.0. The first-order valence-corrected chi connectivity index (χ1v) is 7.23. The predicted octanol–water partition coefficient (Wildman–Crippen LogP) is 1.94. The Morgan fingerprint density at radius 3 is 2.80 bits per heavy atom. The third-order valence-corrected chi connectivity index (χ3v) is 4.35. The van der Waals surface area contributed by atoms with Crippen LogP contribution in [0.5, 0.6) is 0 Å². The van der Waals surface area contributed by atoms with Crippen LogP contribution in [0.2, 0.25) is 0 Å². The highest BCUT2D eigenvalue weighted by molar-refractivity contribution is 5.77. The van der Waals surface area contributed by atoms with Gasteiger partial charge in [0.05, 0.1) is 6.04 Å². The first-order valence-electron chi connectivity index (χ1n) is 7.23. The van der Waals surface area contributed by atoms with Crippen molar-refractivity contribution in [2.45, 2.75) is 12.1 Å². The molecule has 0 amide bonds. The number of piperazine rings is 1. The van der Waals surface area contributed by atoms with Crippen molar-refractivity contribution in [3.63, 3.8) is 0 Å². The smallest absolute Gasteiger partial charge is 0.134 e. The Labute approximate surface area is 120 Å². The number of hydrogen-bond acceptors (Lipinski definition) is 4. The van der Waals surface area contributed by atoms with Gasteiger partial charge in [0, 0.05) is 31.1 Å². The van der Waals surface area contributed by atoms with E-state index in [0.29, 0.717) is 6.04 Å². The van der Waals surface area contributed by atoms with Crippen LogP contribution >= 0.6 is 0 Å². The molecule has 108 valence electrons. The highest BCUT2D eigenvalue weighted by atomic mass is 16.3. The summed E-state index contributed by atoms with van der Waals surface area (Å²) in [4.78, 5) is 4.81. The Balaban J connectivity index is 1.92. The second-order valence-corrected chi connectivity index (χ2v) is 5.76. The molecule has 0 bridgehead atoms. The molecule has 1 fully saturated rings. The van der Waals surface area contributed by atoms with Crippen molar-refractivity contribution < 1.29 is 4.42 Å². The molecule has 4 heteroatoms. The quantitative estimate of drug-likeness (QED) is 0.926. The topological polar surface area (TPSA) is 31.7 Å². The van der Waals surface area contributed by atoms with Gasteiger partial charge < -0.3 is 14.6 Å². The molecular formula is C16H23N3O. The summed E-state index contributed by atoms with van der Waals surface area (Å²) < 4.78 is 6.05. The zero-order chi connectivity index (χ0) is 14.1. The van der Waals surface area contributed by atoms with Crippen LogP contribution in [-0.2, 0) is 0 Å². The van der Waals surface area contributed by atoms with Crippen LogP contribution in [0, 0.1) is 0 Å². The van der Waals surface area contributed by atoms with Crippen molar-refractivity contribution in [1.82, 2.24) is 15.1 Å². The van der Waals surface area contributed by atoms with Crippen molar-refractivity contribution in [1.29, 1.82) is 0 Å². The molecule has 0 aliphatic carbocycles. The summed E-state index contributed by atoms with van der Waals surface area (Å²) in [5.41, 5.74) is 0.967. The SMILES string of the molecule is CNC(c1cc2ccccc2o1)C1CN(C)CCN1C. The van der Waals surface area contributed by atoms with Gasteiger partial charge in [0.2, 0.25) is 0 Å². The fourth-order valence-corrected chi connectivity index (χ4v) is 3.08. The van der Waals surface area contributed by atoms with Crippen LogP contribution < -0.4 is 5.32 Å². The maximum Gasteiger partial charge on any atom is 0.134 e. The van der Waals surface area contributed by atoms with Gasteiger partial charge in [-0.15, -0.1) is 0 Å². The summed E-state index contributed by atoms with van der Waals surface area (Å²) in [6.07, 6.45) is 0. The van der Waals surface area contributed by atoms with Crippen LogP contribution in [0.3, 0.4) is 0 Å². The number of furan rings is 1. The van der Waals surface area contributed by atoms with Gasteiger partial charge in [-0.25, -0.2) is 0 Å². The molecule has 1 aliphatic heterocycles. The third kappa shape index (κ3) is 2.46. The maximum atomic E-state index is 6.05. The summed E-state index contributed by atoms with van der Waals surface area (Å²) >= 11 is 0. The fraction of sp³-hybridized carbons (Fsp3) is 0.500. The molecule has 2 atom stereocenters. The number of fused-ring (bicyclic) bond motifs is 1. The number of hydrogen-bond donors (Lipinski definition) is 1. The average molecular weight is 273 g/mol. The molecule has 1 N–H and O–H groups in total. The zero-order valence-corrected chi connectivity index (χ0v) is 12.5. The van der Waals surface area contributed by atoms with Crippen LogP contribution in [-0.4, -0.2) is 56.6 Å². The maximum absolute atomic E-state index is 6.05. The molecule has 0 radical (unpaired) electrons. The molecule has 2 aromatic rings. The van der Waals surface area contributed by atoms with E-state index in [9.17, 15) is 0 Å². The molecule has 1 aromatic heterocycles. The van der Waals surface area contributed by atoms with E-state index < -0.39 is 0 Å². The Morgan fingerprint density at radius 2 is 2.05 bits per heavy atom. The van der Waals surface area contributed by atoms with Crippen LogP contribution in [0.4, 0.5) is 0 Å². The van der Waals surface area contributed by atoms with E-state index in [1.54, 1.807) is 0 Å². The minimum absolute atomic E-state index is 0.218. The molecule has 1 aromatic carbocycles. The fourth-order valence-electron chi connectivity index (χ4n) is 3.08. The molecule has 20 heavy (non-hydrogen) atoms. The number of para-hydroxylation sites is 1. The molecule has 0 spiro atoms. The van der Waals surface area contributed by atoms with Crippen molar-refractivity contribution in [3.8, 4) is 0 Å². The van der Waals surface area contributed by atoms with Gasteiger partial charge in [-0.2, -0.15) is 0 Å². The summed E-state index contributed by atoms with van der Waals surface area (Å²) in [5, 5.41) is 4.61. The van der Waals surface area contributed by atoms with Crippen molar-refractivity contribution in [2.24, 2.45) is 0 Å². The van der Waals surface area contributed by atoms with Crippen molar-refractivity contribution in [3.05, 3.63) is 36.1 Å². The van der Waals surface area contributed by atoms with Gasteiger partial charge in [-0.05, 0) is 33.3 Å². The molecule has 0 saturated carbocycles. The van der Waals surface area contributed by atoms with E-state index in [2.05, 4.69) is 47.4 Å². The van der Waals surface area contributed by atoms with Gasteiger partial charge in [0.1, 0.15) is 11.3 Å². The highest BCUT2D eigenvalue weighted by Crippen LogP contribution is 2.28. The normalized spacial score (nSPS) is 23.2. The van der Waals surface area contributed by atoms with Gasteiger partial charge in [0.25, 0.3) is 0 Å². The van der Waals surface area contributed by atoms with E-state index in [1.165, 1.54) is 5.39 Å². The summed E-state index contributed by atoms with van der Waals surface area (Å²) in [5.74, 6) is 1.03. The Morgan fingerprint density at radius 1 is 1.25 bits per heavy atom. The third-order valence-electron chi connectivity index (χ3n) is 4.35. The minimum atomic E-state index is 0.218. The standard InChI is InChI=1S/C16H23N3O/c1-17-16(13-11-18(2)8-9-19(13)3)15-10-12-6-4-5-7-14(12)20-15/h4-7,10,13,16-17H,8-9,11H2,1-3H3. The average Bonchev–Trinajstić information content (AvgIpc) is 2.87. The van der Waals surface area contributed by atoms with Gasteiger partial charge in [0.15, 0.2) is 0 Å². The highest BCUT2D eigenvalue weighted by Gasteiger charge is 2.31. The minimum Gasteiger partial charge on any atom is -0.459 e. The first kappa shape index (κ1) is 13.6. The summed E-state index contributed by atoms with van der Waals surface area (Å²) in [6.45, 7) is 3.28. The van der Waals surface area contributed by atoms with Gasteiger partial charge >= 0.3 is 0 Å². The number of rotatable bonds is 3. The lowest BCUT2D eigenvalue weighted by Crippen LogP contribution is -2.54. The van der Waals surface area contributed by atoms with Gasteiger partial charge in [-0.1, -0.05) is 18.2 Å². The largest absolute Gasteiger partial charge is 0.459 e. The molecule has 3 rings (SSSR count). The van der Waals surface area contributed by atoms with E-state index in [4.69, 9.17) is 4.42 Å². The number of likely N-dealkylation sites (N-methyl/N-ethyl adjacent to an activating group) is 3. The van der Waals surface area contributed by atoms with E-state index in [0.717, 1.165) is 31.0 Å². The van der Waals surface area contributed by atoms with Crippen LogP contribution in [0.1, 0.15) is 11.8 Å². The van der Waals surface area contributed by atoms with E-state index in [-0.39, 0.29) is 6.04 Å². The number of nitrogens with one attached hydrogen (secondary N) is 1. The Kier molecular flexibility index (Phi) is 3.78. The Bertz CT molecular complexity index is 547. The lowest BCUT2D eigenvalue weighted by atomic mass is 10.0. The van der Waals surface area contributed by atoms with Crippen molar-refractivity contribution >= 4 is 11.0 Å². The second-order valence-electron chi connectivity index (χ2n) is 5.76. The van der Waals surface area contributed by atoms with E-state index >= 15 is 0 Å². The number of benzene rings is 1. The molecule has 2 heterocycles. The van der Waals surface area contributed by atoms with Crippen LogP contribution in [0.25, 0.3) is 11.0 Å². The second kappa shape index (κ2) is 5.56. The van der Waals surface area contributed by atoms with Gasteiger partial charge in [-0.3, -0.25) is 4.90 Å². The zero-order valence-electron chi connectivity index (χ0n) is 12.5. The lowest BCUT2D eigenvalue weighted by Gasteiger charge is -2.41. The molecular weight excluding hydrogens is 250 g/mol. The monoisotopic (exact) mass is 273 g/mol. The lowest BCUT2D eigenvalue weighted by molar-refractivity contribution is 0.0842. The van der Waals surface area contributed by atoms with Crippen LogP contribution in [0.15, 0.2) is 34.7 Å². The van der Waals surface area contributed by atoms with E-state index in [1.807, 2.05) is 19.2 Å². The molecule has 4 nitrogen and oxygen atoms in total. The molecule has 1 saturated heterocycles. The number of nitrogens with zero attached hydrogens (tertiary/aromatic N) is 2. The molecule has 2 unspecified atom stereocenters. The Hall–Kier alpha value is -1.36. The predicted molar refractivity (Wildman–Crippen MR) is 81.9 cm³/mol. The van der Waals surface area contributed by atoms with Crippen molar-refractivity contribution in [2.75, 3.05) is 40.8 Å².